The molecule has 6 heteroatoms. The highest BCUT2D eigenvalue weighted by molar-refractivity contribution is 7.80. The van der Waals surface area contributed by atoms with Crippen molar-refractivity contribution in [2.45, 2.75) is 26.9 Å². The van der Waals surface area contributed by atoms with Gasteiger partial charge in [-0.1, -0.05) is 59.7 Å². The van der Waals surface area contributed by atoms with Crippen molar-refractivity contribution in [2.75, 3.05) is 5.32 Å². The lowest BCUT2D eigenvalue weighted by Gasteiger charge is -2.08. The zero-order valence-corrected chi connectivity index (χ0v) is 15.2. The van der Waals surface area contributed by atoms with Gasteiger partial charge in [0.05, 0.1) is 6.54 Å². The number of hydrogen-bond acceptors (Lipinski definition) is 3. The molecule has 0 unspecified atom stereocenters. The van der Waals surface area contributed by atoms with Crippen LogP contribution in [0.5, 0.6) is 0 Å². The van der Waals surface area contributed by atoms with Crippen molar-refractivity contribution in [3.8, 4) is 0 Å². The number of thiocarbonyl (C=S) groups is 1. The lowest BCUT2D eigenvalue weighted by Crippen LogP contribution is -2.28. The summed E-state index contributed by atoms with van der Waals surface area (Å²) >= 11 is 5.31. The summed E-state index contributed by atoms with van der Waals surface area (Å²) in [4.78, 5) is 4.25. The second kappa shape index (κ2) is 7.90. The molecule has 0 saturated heterocycles. The van der Waals surface area contributed by atoms with Gasteiger partial charge in [0.15, 0.2) is 5.11 Å². The second-order valence-corrected chi connectivity index (χ2v) is 6.46. The zero-order valence-electron chi connectivity index (χ0n) is 14.4. The van der Waals surface area contributed by atoms with E-state index < -0.39 is 0 Å². The third kappa shape index (κ3) is 5.12. The van der Waals surface area contributed by atoms with Gasteiger partial charge < -0.3 is 5.32 Å². The van der Waals surface area contributed by atoms with Crippen molar-refractivity contribution in [1.29, 1.82) is 0 Å². The van der Waals surface area contributed by atoms with Gasteiger partial charge in [-0.15, -0.1) is 5.10 Å². The van der Waals surface area contributed by atoms with Gasteiger partial charge in [-0.3, -0.25) is 5.32 Å². The topological polar surface area (TPSA) is 54.8 Å². The summed E-state index contributed by atoms with van der Waals surface area (Å²) in [6.45, 7) is 5.49. The van der Waals surface area contributed by atoms with E-state index in [1.807, 2.05) is 6.07 Å². The number of rotatable bonds is 5. The Balaban J connectivity index is 1.52. The fraction of sp³-hybridized carbons (Fsp3) is 0.211. The number of benzene rings is 2. The molecule has 0 aliphatic carbocycles. The molecule has 0 spiro atoms. The quantitative estimate of drug-likeness (QED) is 0.690. The van der Waals surface area contributed by atoms with Gasteiger partial charge in [0.1, 0.15) is 6.33 Å². The molecule has 3 rings (SSSR count). The van der Waals surface area contributed by atoms with E-state index in [2.05, 4.69) is 77.0 Å². The Morgan fingerprint density at radius 1 is 1.04 bits per heavy atom. The molecule has 128 valence electrons. The Kier molecular flexibility index (Phi) is 5.40. The monoisotopic (exact) mass is 351 g/mol. The molecule has 3 aromatic rings. The average molecular weight is 351 g/mol. The van der Waals surface area contributed by atoms with E-state index in [4.69, 9.17) is 12.2 Å². The third-order valence-corrected chi connectivity index (χ3v) is 4.01. The maximum Gasteiger partial charge on any atom is 0.248 e. The fourth-order valence-electron chi connectivity index (χ4n) is 2.46. The van der Waals surface area contributed by atoms with Crippen LogP contribution < -0.4 is 10.6 Å². The number of aryl methyl sites for hydroxylation is 2. The summed E-state index contributed by atoms with van der Waals surface area (Å²) in [5, 5.41) is 11.1. The molecule has 1 heterocycles. The number of nitrogens with one attached hydrogen (secondary N) is 2. The minimum Gasteiger partial charge on any atom is -0.358 e. The van der Waals surface area contributed by atoms with E-state index in [0.717, 1.165) is 0 Å². The lowest BCUT2D eigenvalue weighted by molar-refractivity contribution is 0.687. The van der Waals surface area contributed by atoms with Crippen LogP contribution in [0.15, 0.2) is 54.9 Å². The Bertz CT molecular complexity index is 854. The van der Waals surface area contributed by atoms with Crippen LogP contribution in [0.1, 0.15) is 22.3 Å². The second-order valence-electron chi connectivity index (χ2n) is 6.05. The van der Waals surface area contributed by atoms with Crippen LogP contribution >= 0.6 is 12.2 Å². The van der Waals surface area contributed by atoms with E-state index in [9.17, 15) is 0 Å². The van der Waals surface area contributed by atoms with Gasteiger partial charge in [0.2, 0.25) is 5.95 Å². The maximum absolute atomic E-state index is 5.31. The predicted molar refractivity (Wildman–Crippen MR) is 105 cm³/mol. The van der Waals surface area contributed by atoms with Crippen LogP contribution in [0.2, 0.25) is 0 Å². The van der Waals surface area contributed by atoms with Gasteiger partial charge in [0, 0.05) is 6.54 Å². The van der Waals surface area contributed by atoms with Gasteiger partial charge in [-0.25, -0.2) is 9.67 Å². The molecule has 2 N–H and O–H groups in total. The third-order valence-electron chi connectivity index (χ3n) is 3.76. The summed E-state index contributed by atoms with van der Waals surface area (Å²) in [7, 11) is 0. The highest BCUT2D eigenvalue weighted by atomic mass is 32.1. The molecule has 0 saturated carbocycles. The van der Waals surface area contributed by atoms with Gasteiger partial charge in [0.25, 0.3) is 0 Å². The van der Waals surface area contributed by atoms with Crippen molar-refractivity contribution in [3.63, 3.8) is 0 Å². The molecule has 0 radical (unpaired) electrons. The smallest absolute Gasteiger partial charge is 0.248 e. The normalized spacial score (nSPS) is 10.5. The largest absolute Gasteiger partial charge is 0.358 e. The van der Waals surface area contributed by atoms with Gasteiger partial charge in [-0.05, 0) is 37.2 Å². The molecule has 0 fully saturated rings. The number of hydrogen-bond donors (Lipinski definition) is 2. The summed E-state index contributed by atoms with van der Waals surface area (Å²) < 4.78 is 1.79. The first-order valence-corrected chi connectivity index (χ1v) is 8.55. The van der Waals surface area contributed by atoms with Crippen LogP contribution in [-0.4, -0.2) is 19.9 Å². The van der Waals surface area contributed by atoms with Crippen LogP contribution in [0.3, 0.4) is 0 Å². The summed E-state index contributed by atoms with van der Waals surface area (Å²) in [6.07, 6.45) is 1.70. The first-order chi connectivity index (χ1) is 12.1. The standard InChI is InChI=1S/C19H21N5S/c1-14-6-8-16(9-7-14)11-20-19(25)22-18-21-13-24(23-18)12-17-5-3-4-15(2)10-17/h3-10,13H,11-12H2,1-2H3,(H2,20,22,23,25). The Hall–Kier alpha value is -2.73. The number of anilines is 1. The average Bonchev–Trinajstić information content (AvgIpc) is 3.01. The molecule has 1 aromatic heterocycles. The van der Waals surface area contributed by atoms with Crippen molar-refractivity contribution in [3.05, 3.63) is 77.1 Å². The molecule has 2 aromatic carbocycles. The summed E-state index contributed by atoms with van der Waals surface area (Å²) in [6, 6.07) is 16.7. The van der Waals surface area contributed by atoms with Crippen molar-refractivity contribution in [2.24, 2.45) is 0 Å². The SMILES string of the molecule is Cc1ccc(CNC(=S)Nc2ncn(Cc3cccc(C)c3)n2)cc1. The number of nitrogens with zero attached hydrogens (tertiary/aromatic N) is 3. The van der Waals surface area contributed by atoms with Crippen LogP contribution in [0, 0.1) is 13.8 Å². The van der Waals surface area contributed by atoms with E-state index in [0.29, 0.717) is 24.2 Å². The molecular weight excluding hydrogens is 330 g/mol. The highest BCUT2D eigenvalue weighted by Gasteiger charge is 2.04. The Labute approximate surface area is 153 Å². The zero-order chi connectivity index (χ0) is 17.6. The minimum atomic E-state index is 0.494. The van der Waals surface area contributed by atoms with Crippen LogP contribution in [-0.2, 0) is 13.1 Å². The van der Waals surface area contributed by atoms with Crippen molar-refractivity contribution in [1.82, 2.24) is 20.1 Å². The summed E-state index contributed by atoms with van der Waals surface area (Å²) in [5.74, 6) is 0.494. The maximum atomic E-state index is 5.31. The predicted octanol–water partition coefficient (Wildman–Crippen LogP) is 3.43. The minimum absolute atomic E-state index is 0.494. The van der Waals surface area contributed by atoms with Crippen molar-refractivity contribution >= 4 is 23.3 Å². The van der Waals surface area contributed by atoms with E-state index >= 15 is 0 Å². The van der Waals surface area contributed by atoms with E-state index in [-0.39, 0.29) is 0 Å². The van der Waals surface area contributed by atoms with Gasteiger partial charge >= 0.3 is 0 Å². The molecule has 0 aliphatic heterocycles. The van der Waals surface area contributed by atoms with Crippen LogP contribution in [0.25, 0.3) is 0 Å². The van der Waals surface area contributed by atoms with E-state index in [1.54, 1.807) is 11.0 Å². The first-order valence-electron chi connectivity index (χ1n) is 8.14. The molecule has 0 aliphatic rings. The molecular formula is C19H21N5S. The molecule has 0 amide bonds. The molecule has 0 atom stereocenters. The number of aromatic nitrogens is 3. The Morgan fingerprint density at radius 2 is 1.84 bits per heavy atom. The molecule has 25 heavy (non-hydrogen) atoms. The summed E-state index contributed by atoms with van der Waals surface area (Å²) in [5.41, 5.74) is 4.84. The van der Waals surface area contributed by atoms with Gasteiger partial charge in [-0.2, -0.15) is 0 Å². The fourth-order valence-corrected chi connectivity index (χ4v) is 2.62. The van der Waals surface area contributed by atoms with Crippen molar-refractivity contribution < 1.29 is 0 Å². The lowest BCUT2D eigenvalue weighted by atomic mass is 10.1. The Morgan fingerprint density at radius 3 is 2.60 bits per heavy atom. The highest BCUT2D eigenvalue weighted by Crippen LogP contribution is 2.07. The molecule has 5 nitrogen and oxygen atoms in total. The first kappa shape index (κ1) is 17.1. The van der Waals surface area contributed by atoms with Crippen LogP contribution in [0.4, 0.5) is 5.95 Å². The molecule has 0 bridgehead atoms. The van der Waals surface area contributed by atoms with E-state index in [1.165, 1.54) is 22.3 Å².